The highest BCUT2D eigenvalue weighted by molar-refractivity contribution is 7.76. The van der Waals surface area contributed by atoms with Gasteiger partial charge in [0.15, 0.2) is 8.15 Å². The SMILES string of the molecule is COC(=O)P(OC)c1ccc(/C=C\c2cc3ccccc3cc2/C=C\c2ccc(CP(=O)(OC)OC)cc2)cc1. The number of hydrogen-bond acceptors (Lipinski definition) is 6. The lowest BCUT2D eigenvalue weighted by atomic mass is 9.99. The Labute approximate surface area is 236 Å². The molecule has 1 unspecified atom stereocenters. The van der Waals surface area contributed by atoms with E-state index in [9.17, 15) is 9.36 Å². The third-order valence-electron chi connectivity index (χ3n) is 6.42. The highest BCUT2D eigenvalue weighted by atomic mass is 31.2. The van der Waals surface area contributed by atoms with Gasteiger partial charge in [-0.25, -0.2) is 4.79 Å². The summed E-state index contributed by atoms with van der Waals surface area (Å²) in [6, 6.07) is 28.2. The molecule has 0 aliphatic rings. The van der Waals surface area contributed by atoms with Crippen LogP contribution in [0.2, 0.25) is 0 Å². The fourth-order valence-corrected chi connectivity index (χ4v) is 6.41. The van der Waals surface area contributed by atoms with Gasteiger partial charge in [0.05, 0.1) is 13.3 Å². The minimum Gasteiger partial charge on any atom is -0.464 e. The molecule has 4 aromatic rings. The second-order valence-electron chi connectivity index (χ2n) is 8.91. The maximum atomic E-state index is 12.4. The summed E-state index contributed by atoms with van der Waals surface area (Å²) >= 11 is 0. The molecule has 1 atom stereocenters. The molecule has 0 spiro atoms. The largest absolute Gasteiger partial charge is 0.464 e. The first-order chi connectivity index (χ1) is 19.4. The Balaban J connectivity index is 1.59. The van der Waals surface area contributed by atoms with Gasteiger partial charge in [-0.2, -0.15) is 0 Å². The standard InChI is InChI=1S/C32H32O6P2/c1-35-32(33)39(36-2)31-19-15-25(16-20-31)14-18-30-22-28-8-6-5-7-27(28)21-29(30)17-13-24-9-11-26(12-10-24)23-40(34,37-3)38-4/h5-22H,23H2,1-4H3/b17-13-,18-14-. The van der Waals surface area contributed by atoms with Crippen molar-refractivity contribution in [2.45, 2.75) is 6.16 Å². The third-order valence-corrected chi connectivity index (χ3v) is 9.94. The van der Waals surface area contributed by atoms with Crippen molar-refractivity contribution in [3.63, 3.8) is 0 Å². The maximum Gasteiger partial charge on any atom is 0.358 e. The number of methoxy groups -OCH3 is 1. The Morgan fingerprint density at radius 3 is 1.68 bits per heavy atom. The van der Waals surface area contributed by atoms with Crippen molar-refractivity contribution in [3.8, 4) is 0 Å². The Bertz CT molecular complexity index is 1550. The maximum absolute atomic E-state index is 12.4. The van der Waals surface area contributed by atoms with Crippen LogP contribution in [0.1, 0.15) is 27.8 Å². The topological polar surface area (TPSA) is 71.1 Å². The molecular weight excluding hydrogens is 542 g/mol. The van der Waals surface area contributed by atoms with E-state index >= 15 is 0 Å². The van der Waals surface area contributed by atoms with Crippen LogP contribution in [0.15, 0.2) is 84.9 Å². The molecule has 0 saturated carbocycles. The summed E-state index contributed by atoms with van der Waals surface area (Å²) in [5.74, 6) is 0. The fourth-order valence-electron chi connectivity index (χ4n) is 4.19. The van der Waals surface area contributed by atoms with Crippen molar-refractivity contribution in [1.29, 1.82) is 0 Å². The van der Waals surface area contributed by atoms with Gasteiger partial charge < -0.3 is 18.3 Å². The second-order valence-corrected chi connectivity index (χ2v) is 13.0. The van der Waals surface area contributed by atoms with Crippen molar-refractivity contribution in [1.82, 2.24) is 0 Å². The van der Waals surface area contributed by atoms with Gasteiger partial charge in [0, 0.05) is 26.6 Å². The van der Waals surface area contributed by atoms with Gasteiger partial charge in [-0.15, -0.1) is 0 Å². The van der Waals surface area contributed by atoms with Crippen molar-refractivity contribution in [2.24, 2.45) is 0 Å². The Morgan fingerprint density at radius 2 is 1.23 bits per heavy atom. The summed E-state index contributed by atoms with van der Waals surface area (Å²) in [7, 11) is 1.10. The molecule has 206 valence electrons. The van der Waals surface area contributed by atoms with E-state index in [-0.39, 0.29) is 11.9 Å². The third kappa shape index (κ3) is 7.42. The summed E-state index contributed by atoms with van der Waals surface area (Å²) in [6.45, 7) is 0. The summed E-state index contributed by atoms with van der Waals surface area (Å²) < 4.78 is 32.8. The zero-order valence-corrected chi connectivity index (χ0v) is 24.7. The number of fused-ring (bicyclic) bond motifs is 1. The molecular formula is C32H32O6P2. The van der Waals surface area contributed by atoms with Crippen LogP contribution in [-0.4, -0.2) is 34.1 Å². The van der Waals surface area contributed by atoms with Crippen LogP contribution in [-0.2, 0) is 29.0 Å². The zero-order chi connectivity index (χ0) is 28.5. The lowest BCUT2D eigenvalue weighted by molar-refractivity contribution is 0.196. The molecule has 6 nitrogen and oxygen atoms in total. The van der Waals surface area contributed by atoms with Gasteiger partial charge in [-0.1, -0.05) is 97.1 Å². The Hall–Kier alpha value is -3.37. The van der Waals surface area contributed by atoms with E-state index in [1.165, 1.54) is 28.4 Å². The van der Waals surface area contributed by atoms with Crippen molar-refractivity contribution >= 4 is 61.8 Å². The minimum absolute atomic E-state index is 0.223. The average Bonchev–Trinajstić information content (AvgIpc) is 3.00. The lowest BCUT2D eigenvalue weighted by Gasteiger charge is -2.13. The highest BCUT2D eigenvalue weighted by Gasteiger charge is 2.22. The molecule has 0 N–H and O–H groups in total. The normalized spacial score (nSPS) is 12.8. The first-order valence-corrected chi connectivity index (χ1v) is 15.6. The van der Waals surface area contributed by atoms with Crippen LogP contribution in [0, 0.1) is 0 Å². The average molecular weight is 575 g/mol. The van der Waals surface area contributed by atoms with Gasteiger partial charge >= 0.3 is 13.3 Å². The molecule has 4 rings (SSSR count). The van der Waals surface area contributed by atoms with E-state index in [0.717, 1.165) is 43.9 Å². The van der Waals surface area contributed by atoms with Crippen molar-refractivity contribution < 1.29 is 27.7 Å². The monoisotopic (exact) mass is 574 g/mol. The summed E-state index contributed by atoms with van der Waals surface area (Å²) in [5, 5.41) is 3.11. The molecule has 0 radical (unpaired) electrons. The van der Waals surface area contributed by atoms with Gasteiger partial charge in [0.2, 0.25) is 0 Å². The molecule has 0 fully saturated rings. The zero-order valence-electron chi connectivity index (χ0n) is 22.9. The second kappa shape index (κ2) is 13.8. The Morgan fingerprint density at radius 1 is 0.725 bits per heavy atom. The first kappa shape index (κ1) is 29.6. The fraction of sp³-hybridized carbons (Fsp3) is 0.156. The predicted octanol–water partition coefficient (Wildman–Crippen LogP) is 8.60. The van der Waals surface area contributed by atoms with Crippen molar-refractivity contribution in [3.05, 3.63) is 113 Å². The predicted molar refractivity (Wildman–Crippen MR) is 166 cm³/mol. The van der Waals surface area contributed by atoms with E-state index in [1.807, 2.05) is 60.7 Å². The van der Waals surface area contributed by atoms with E-state index < -0.39 is 15.7 Å². The first-order valence-electron chi connectivity index (χ1n) is 12.6. The van der Waals surface area contributed by atoms with Gasteiger partial charge in [0.25, 0.3) is 0 Å². The number of benzene rings is 4. The van der Waals surface area contributed by atoms with Gasteiger partial charge in [-0.05, 0) is 50.7 Å². The molecule has 0 saturated heterocycles. The summed E-state index contributed by atoms with van der Waals surface area (Å²) in [4.78, 5) is 12.0. The molecule has 0 aliphatic carbocycles. The molecule has 8 heteroatoms. The number of carbonyl (C=O) groups is 1. The van der Waals surface area contributed by atoms with Crippen molar-refractivity contribution in [2.75, 3.05) is 28.4 Å². The molecule has 40 heavy (non-hydrogen) atoms. The van der Waals surface area contributed by atoms with Gasteiger partial charge in [-0.3, -0.25) is 4.57 Å². The number of ether oxygens (including phenoxy) is 1. The summed E-state index contributed by atoms with van der Waals surface area (Å²) in [5.41, 5.74) is 4.69. The van der Waals surface area contributed by atoms with Crippen LogP contribution in [0.3, 0.4) is 0 Å². The number of rotatable bonds is 11. The highest BCUT2D eigenvalue weighted by Crippen LogP contribution is 2.49. The van der Waals surface area contributed by atoms with Crippen LogP contribution in [0.25, 0.3) is 35.1 Å². The quantitative estimate of drug-likeness (QED) is 0.132. The van der Waals surface area contributed by atoms with E-state index in [2.05, 4.69) is 48.6 Å². The van der Waals surface area contributed by atoms with E-state index in [4.69, 9.17) is 18.3 Å². The molecule has 0 amide bonds. The number of hydrogen-bond donors (Lipinski definition) is 0. The van der Waals surface area contributed by atoms with Gasteiger partial charge in [0.1, 0.15) is 0 Å². The molecule has 0 heterocycles. The molecule has 0 aromatic heterocycles. The molecule has 0 aliphatic heterocycles. The smallest absolute Gasteiger partial charge is 0.358 e. The van der Waals surface area contributed by atoms with Crippen LogP contribution in [0.4, 0.5) is 4.79 Å². The van der Waals surface area contributed by atoms with Crippen LogP contribution < -0.4 is 5.30 Å². The van der Waals surface area contributed by atoms with E-state index in [0.29, 0.717) is 0 Å². The van der Waals surface area contributed by atoms with Crippen LogP contribution in [0.5, 0.6) is 0 Å². The molecule has 4 aromatic carbocycles. The van der Waals surface area contributed by atoms with E-state index in [1.54, 1.807) is 0 Å². The van der Waals surface area contributed by atoms with Crippen LogP contribution >= 0.6 is 15.7 Å². The minimum atomic E-state index is -3.11. The molecule has 0 bridgehead atoms. The Kier molecular flexibility index (Phi) is 10.2. The lowest BCUT2D eigenvalue weighted by Crippen LogP contribution is -2.09. The number of carbonyl (C=O) groups excluding carboxylic acids is 1. The summed E-state index contributed by atoms with van der Waals surface area (Å²) in [6.07, 6.45) is 8.53.